The second-order valence-corrected chi connectivity index (χ2v) is 10.7. The zero-order valence-electron chi connectivity index (χ0n) is 22.1. The van der Waals surface area contributed by atoms with Gasteiger partial charge < -0.3 is 9.62 Å². The summed E-state index contributed by atoms with van der Waals surface area (Å²) in [4.78, 5) is 7.66. The molecule has 0 N–H and O–H groups in total. The van der Waals surface area contributed by atoms with Gasteiger partial charge in [-0.05, 0) is 65.8 Å². The average Bonchev–Trinajstić information content (AvgIpc) is 3.37. The molecule has 5 heteroatoms. The fraction of sp³-hybridized carbons (Fsp3) is 0.258. The van der Waals surface area contributed by atoms with Crippen molar-refractivity contribution >= 4 is 41.4 Å². The van der Waals surface area contributed by atoms with E-state index in [9.17, 15) is 0 Å². The second kappa shape index (κ2) is 8.44. The van der Waals surface area contributed by atoms with E-state index in [1.807, 2.05) is 0 Å². The Hall–Kier alpha value is -3.73. The molecule has 3 aromatic carbocycles. The Kier molecular flexibility index (Phi) is 5.33. The van der Waals surface area contributed by atoms with Crippen molar-refractivity contribution in [1.29, 1.82) is 0 Å². The molecule has 4 aromatic rings. The molecule has 2 aliphatic heterocycles. The number of nitrogens with zero attached hydrogens (tertiary/aromatic N) is 4. The summed E-state index contributed by atoms with van der Waals surface area (Å²) in [5.41, 5.74) is 10.4. The lowest BCUT2D eigenvalue weighted by Crippen LogP contribution is -2.53. The number of rotatable bonds is 4. The molecule has 4 nitrogen and oxygen atoms in total. The number of pyridine rings is 1. The molecule has 0 spiro atoms. The summed E-state index contributed by atoms with van der Waals surface area (Å²) in [5.74, 6) is 2.03. The number of hydrogen-bond donors (Lipinski definition) is 0. The normalized spacial score (nSPS) is 14.1. The second-order valence-electron chi connectivity index (χ2n) is 10.7. The van der Waals surface area contributed by atoms with Crippen LogP contribution < -0.4 is 19.0 Å². The molecule has 6 rings (SSSR count). The van der Waals surface area contributed by atoms with Crippen molar-refractivity contribution in [3.8, 4) is 0 Å². The highest BCUT2D eigenvalue weighted by atomic mass is 15.5. The van der Waals surface area contributed by atoms with E-state index in [1.165, 1.54) is 50.9 Å². The minimum absolute atomic E-state index is 0.0375. The number of anilines is 6. The van der Waals surface area contributed by atoms with Crippen LogP contribution in [0.5, 0.6) is 0 Å². The Morgan fingerprint density at radius 2 is 1.17 bits per heavy atom. The molecular formula is C31H34BN4+. The van der Waals surface area contributed by atoms with E-state index in [1.54, 1.807) is 0 Å². The van der Waals surface area contributed by atoms with Crippen molar-refractivity contribution in [2.75, 3.05) is 14.4 Å². The van der Waals surface area contributed by atoms with Gasteiger partial charge in [0, 0.05) is 5.69 Å². The van der Waals surface area contributed by atoms with Crippen LogP contribution in [0.2, 0.25) is 0 Å². The molecule has 36 heavy (non-hydrogen) atoms. The van der Waals surface area contributed by atoms with E-state index in [2.05, 4.69) is 146 Å². The van der Waals surface area contributed by atoms with Gasteiger partial charge in [-0.1, -0.05) is 76.2 Å². The molecular weight excluding hydrogens is 439 g/mol. The Morgan fingerprint density at radius 1 is 0.611 bits per heavy atom. The van der Waals surface area contributed by atoms with Crippen LogP contribution in [0, 0.1) is 6.92 Å². The standard InChI is InChI=1S/C31H34BN4/c1-21(2)24-14-11-15-25(22(3)4)30(24)35-28-18-10-9-17-27(28)34-29-19-12-20-33(6)31(29)36(32(34)35)26-16-8-7-13-23(26)5/h7-22H,1-6H3/q+1. The largest absolute Gasteiger partial charge is 0.644 e. The number of fused-ring (bicyclic) bond motifs is 5. The first kappa shape index (κ1) is 22.7. The van der Waals surface area contributed by atoms with Gasteiger partial charge in [0.05, 0.1) is 24.6 Å². The molecule has 0 unspecified atom stereocenters. The molecule has 3 heterocycles. The minimum Gasteiger partial charge on any atom is -0.320 e. The van der Waals surface area contributed by atoms with Crippen molar-refractivity contribution in [3.63, 3.8) is 0 Å². The topological polar surface area (TPSA) is 13.6 Å². The molecule has 0 bridgehead atoms. The zero-order valence-corrected chi connectivity index (χ0v) is 22.1. The van der Waals surface area contributed by atoms with Crippen molar-refractivity contribution < 1.29 is 4.57 Å². The predicted octanol–water partition coefficient (Wildman–Crippen LogP) is 7.49. The fourth-order valence-corrected chi connectivity index (χ4v) is 6.00. The van der Waals surface area contributed by atoms with Crippen LogP contribution in [-0.2, 0) is 7.05 Å². The smallest absolute Gasteiger partial charge is 0.320 e. The average molecular weight is 473 g/mol. The molecule has 1 aromatic heterocycles. The van der Waals surface area contributed by atoms with E-state index < -0.39 is 0 Å². The lowest BCUT2D eigenvalue weighted by atomic mass is 9.82. The lowest BCUT2D eigenvalue weighted by molar-refractivity contribution is -0.657. The summed E-state index contributed by atoms with van der Waals surface area (Å²) >= 11 is 0. The van der Waals surface area contributed by atoms with Crippen LogP contribution >= 0.6 is 0 Å². The van der Waals surface area contributed by atoms with E-state index in [4.69, 9.17) is 0 Å². The van der Waals surface area contributed by atoms with Crippen LogP contribution in [0.1, 0.15) is 56.2 Å². The maximum atomic E-state index is 2.60. The van der Waals surface area contributed by atoms with E-state index in [0.29, 0.717) is 11.8 Å². The third-order valence-corrected chi connectivity index (χ3v) is 7.67. The maximum Gasteiger partial charge on any atom is 0.644 e. The summed E-state index contributed by atoms with van der Waals surface area (Å²) in [5, 5.41) is 0. The quantitative estimate of drug-likeness (QED) is 0.225. The minimum atomic E-state index is -0.0375. The Bertz CT molecular complexity index is 1430. The Labute approximate surface area is 215 Å². The molecule has 0 saturated heterocycles. The summed E-state index contributed by atoms with van der Waals surface area (Å²) in [6.07, 6.45) is 2.16. The van der Waals surface area contributed by atoms with Crippen LogP contribution in [0.3, 0.4) is 0 Å². The highest BCUT2D eigenvalue weighted by Gasteiger charge is 2.61. The molecule has 0 atom stereocenters. The van der Waals surface area contributed by atoms with Crippen molar-refractivity contribution in [1.82, 2.24) is 0 Å². The first-order chi connectivity index (χ1) is 17.4. The first-order valence-corrected chi connectivity index (χ1v) is 13.0. The summed E-state index contributed by atoms with van der Waals surface area (Å²) in [7, 11) is 2.12. The monoisotopic (exact) mass is 473 g/mol. The van der Waals surface area contributed by atoms with E-state index >= 15 is 0 Å². The van der Waals surface area contributed by atoms with E-state index in [-0.39, 0.29) is 7.12 Å². The van der Waals surface area contributed by atoms with Crippen molar-refractivity contribution in [2.24, 2.45) is 7.05 Å². The number of aryl methyl sites for hydroxylation is 2. The van der Waals surface area contributed by atoms with E-state index in [0.717, 1.165) is 0 Å². The number of hydrogen-bond acceptors (Lipinski definition) is 3. The van der Waals surface area contributed by atoms with Gasteiger partial charge in [-0.3, -0.25) is 0 Å². The van der Waals surface area contributed by atoms with Gasteiger partial charge in [-0.15, -0.1) is 0 Å². The molecule has 180 valence electrons. The van der Waals surface area contributed by atoms with Gasteiger partial charge in [0.15, 0.2) is 0 Å². The van der Waals surface area contributed by atoms with Crippen molar-refractivity contribution in [3.05, 3.63) is 102 Å². The number of para-hydroxylation sites is 4. The predicted molar refractivity (Wildman–Crippen MR) is 152 cm³/mol. The molecule has 0 fully saturated rings. The van der Waals surface area contributed by atoms with Crippen LogP contribution in [0.15, 0.2) is 85.1 Å². The molecule has 2 aliphatic rings. The van der Waals surface area contributed by atoms with Gasteiger partial charge in [0.2, 0.25) is 0 Å². The first-order valence-electron chi connectivity index (χ1n) is 13.0. The van der Waals surface area contributed by atoms with Crippen LogP contribution in [0.25, 0.3) is 0 Å². The molecule has 0 radical (unpaired) electrons. The van der Waals surface area contributed by atoms with Crippen molar-refractivity contribution in [2.45, 2.75) is 46.5 Å². The number of aromatic nitrogens is 1. The lowest BCUT2D eigenvalue weighted by Gasteiger charge is -2.32. The molecule has 0 aliphatic carbocycles. The molecule has 0 saturated carbocycles. The van der Waals surface area contributed by atoms with Gasteiger partial charge in [-0.25, -0.2) is 9.38 Å². The molecule has 0 amide bonds. The van der Waals surface area contributed by atoms with Gasteiger partial charge in [0.25, 0.3) is 5.82 Å². The Morgan fingerprint density at radius 3 is 1.78 bits per heavy atom. The third kappa shape index (κ3) is 3.18. The third-order valence-electron chi connectivity index (χ3n) is 7.67. The van der Waals surface area contributed by atoms with Crippen LogP contribution in [-0.4, -0.2) is 7.12 Å². The summed E-state index contributed by atoms with van der Waals surface area (Å²) in [6.45, 7) is 11.5. The van der Waals surface area contributed by atoms with Gasteiger partial charge >= 0.3 is 7.12 Å². The fourth-order valence-electron chi connectivity index (χ4n) is 6.00. The van der Waals surface area contributed by atoms with Crippen LogP contribution in [0.4, 0.5) is 34.3 Å². The SMILES string of the molecule is Cc1ccccc1N1B2N(c3ccccc3N2c2c(C(C)C)cccc2C(C)C)c2ccc[n+](C)c21. The highest BCUT2D eigenvalue weighted by molar-refractivity contribution is 6.79. The Balaban J connectivity index is 1.70. The number of benzene rings is 3. The summed E-state index contributed by atoms with van der Waals surface area (Å²) < 4.78 is 2.26. The highest BCUT2D eigenvalue weighted by Crippen LogP contribution is 2.56. The van der Waals surface area contributed by atoms with Gasteiger partial charge in [0.1, 0.15) is 11.4 Å². The zero-order chi connectivity index (χ0) is 25.1. The summed E-state index contributed by atoms with van der Waals surface area (Å²) in [6, 6.07) is 28.9. The van der Waals surface area contributed by atoms with Gasteiger partial charge in [-0.2, -0.15) is 0 Å². The maximum absolute atomic E-state index is 2.60.